The Kier molecular flexibility index (Phi) is 9.74. The Hall–Kier alpha value is -0.160. The Morgan fingerprint density at radius 2 is 1.88 bits per heavy atom. The lowest BCUT2D eigenvalue weighted by atomic mass is 10.1. The van der Waals surface area contributed by atoms with E-state index >= 15 is 0 Å². The van der Waals surface area contributed by atoms with Crippen LogP contribution in [0.3, 0.4) is 0 Å². The van der Waals surface area contributed by atoms with Crippen LogP contribution in [0.1, 0.15) is 34.1 Å². The van der Waals surface area contributed by atoms with Crippen molar-refractivity contribution in [2.45, 2.75) is 39.7 Å². The van der Waals surface area contributed by atoms with Crippen molar-refractivity contribution in [2.24, 2.45) is 0 Å². The van der Waals surface area contributed by atoms with E-state index in [0.29, 0.717) is 13.2 Å². The quantitative estimate of drug-likeness (QED) is 0.567. The maximum absolute atomic E-state index is 8.59. The fourth-order valence-electron chi connectivity index (χ4n) is 1.55. The maximum Gasteiger partial charge on any atom is 0.0698 e. The second-order valence-electron chi connectivity index (χ2n) is 5.30. The standard InChI is InChI=1S/C13H30N2O2/c1-5-15(9-11-17-12-10-16)8-6-7-14-13(2,3)4/h14,16H,5-12H2,1-4H3. The van der Waals surface area contributed by atoms with Crippen LogP contribution < -0.4 is 5.32 Å². The minimum Gasteiger partial charge on any atom is -0.394 e. The number of hydrogen-bond acceptors (Lipinski definition) is 4. The van der Waals surface area contributed by atoms with Crippen molar-refractivity contribution >= 4 is 0 Å². The van der Waals surface area contributed by atoms with E-state index < -0.39 is 0 Å². The van der Waals surface area contributed by atoms with Crippen molar-refractivity contribution in [3.05, 3.63) is 0 Å². The maximum atomic E-state index is 8.59. The Balaban J connectivity index is 3.47. The van der Waals surface area contributed by atoms with Crippen molar-refractivity contribution in [1.29, 1.82) is 0 Å². The van der Waals surface area contributed by atoms with Gasteiger partial charge >= 0.3 is 0 Å². The van der Waals surface area contributed by atoms with Crippen LogP contribution in [0.5, 0.6) is 0 Å². The number of ether oxygens (including phenoxy) is 1. The van der Waals surface area contributed by atoms with E-state index in [1.807, 2.05) is 0 Å². The van der Waals surface area contributed by atoms with Gasteiger partial charge in [0.15, 0.2) is 0 Å². The summed E-state index contributed by atoms with van der Waals surface area (Å²) in [7, 11) is 0. The van der Waals surface area contributed by atoms with Crippen molar-refractivity contribution < 1.29 is 9.84 Å². The van der Waals surface area contributed by atoms with E-state index in [-0.39, 0.29) is 12.1 Å². The number of aliphatic hydroxyl groups excluding tert-OH is 1. The van der Waals surface area contributed by atoms with E-state index in [1.165, 1.54) is 0 Å². The van der Waals surface area contributed by atoms with Crippen LogP contribution in [0.2, 0.25) is 0 Å². The molecule has 0 aromatic rings. The number of nitrogens with zero attached hydrogens (tertiary/aromatic N) is 1. The molecule has 0 radical (unpaired) electrons. The normalized spacial score (nSPS) is 12.4. The van der Waals surface area contributed by atoms with Gasteiger partial charge in [-0.1, -0.05) is 6.92 Å². The summed E-state index contributed by atoms with van der Waals surface area (Å²) < 4.78 is 5.27. The number of rotatable bonds is 10. The molecule has 0 rings (SSSR count). The van der Waals surface area contributed by atoms with Gasteiger partial charge in [0.05, 0.1) is 19.8 Å². The highest BCUT2D eigenvalue weighted by atomic mass is 16.5. The molecule has 0 unspecified atom stereocenters. The highest BCUT2D eigenvalue weighted by Gasteiger charge is 2.08. The molecule has 0 aliphatic carbocycles. The Labute approximate surface area is 106 Å². The van der Waals surface area contributed by atoms with Crippen molar-refractivity contribution in [2.75, 3.05) is 46.0 Å². The SMILES string of the molecule is CCN(CCCNC(C)(C)C)CCOCCO. The van der Waals surface area contributed by atoms with Crippen molar-refractivity contribution in [3.63, 3.8) is 0 Å². The van der Waals surface area contributed by atoms with Gasteiger partial charge in [-0.05, 0) is 46.8 Å². The smallest absolute Gasteiger partial charge is 0.0698 e. The first-order valence-corrected chi connectivity index (χ1v) is 6.65. The molecule has 4 heteroatoms. The molecule has 0 aromatic heterocycles. The fraction of sp³-hybridized carbons (Fsp3) is 1.00. The molecule has 104 valence electrons. The minimum absolute atomic E-state index is 0.113. The Morgan fingerprint density at radius 3 is 2.41 bits per heavy atom. The zero-order valence-corrected chi connectivity index (χ0v) is 12.0. The summed E-state index contributed by atoms with van der Waals surface area (Å²) in [5, 5.41) is 12.1. The molecular weight excluding hydrogens is 216 g/mol. The van der Waals surface area contributed by atoms with Crippen LogP contribution in [0, 0.1) is 0 Å². The van der Waals surface area contributed by atoms with E-state index in [0.717, 1.165) is 32.6 Å². The summed E-state index contributed by atoms with van der Waals surface area (Å²) in [5.41, 5.74) is 0.210. The lowest BCUT2D eigenvalue weighted by molar-refractivity contribution is 0.0743. The molecule has 0 heterocycles. The lowest BCUT2D eigenvalue weighted by Crippen LogP contribution is -2.38. The molecule has 0 atom stereocenters. The largest absolute Gasteiger partial charge is 0.394 e. The van der Waals surface area contributed by atoms with Gasteiger partial charge in [-0.25, -0.2) is 0 Å². The van der Waals surface area contributed by atoms with Crippen LogP contribution in [0.25, 0.3) is 0 Å². The Bertz CT molecular complexity index is 169. The summed E-state index contributed by atoms with van der Waals surface area (Å²) >= 11 is 0. The van der Waals surface area contributed by atoms with E-state index in [4.69, 9.17) is 9.84 Å². The van der Waals surface area contributed by atoms with Crippen LogP contribution in [-0.4, -0.2) is 61.5 Å². The topological polar surface area (TPSA) is 44.7 Å². The van der Waals surface area contributed by atoms with Gasteiger partial charge in [-0.15, -0.1) is 0 Å². The number of nitrogens with one attached hydrogen (secondary N) is 1. The second-order valence-corrected chi connectivity index (χ2v) is 5.30. The molecule has 0 saturated carbocycles. The number of likely N-dealkylation sites (N-methyl/N-ethyl adjacent to an activating group) is 1. The molecule has 0 fully saturated rings. The predicted octanol–water partition coefficient (Wildman–Crippen LogP) is 1.10. The summed E-state index contributed by atoms with van der Waals surface area (Å²) in [6, 6.07) is 0. The first kappa shape index (κ1) is 16.8. The highest BCUT2D eigenvalue weighted by Crippen LogP contribution is 1.99. The van der Waals surface area contributed by atoms with Gasteiger partial charge in [-0.2, -0.15) is 0 Å². The molecule has 2 N–H and O–H groups in total. The third-order valence-electron chi connectivity index (χ3n) is 2.54. The lowest BCUT2D eigenvalue weighted by Gasteiger charge is -2.23. The van der Waals surface area contributed by atoms with Crippen molar-refractivity contribution in [1.82, 2.24) is 10.2 Å². The second kappa shape index (κ2) is 9.83. The molecule has 17 heavy (non-hydrogen) atoms. The zero-order valence-electron chi connectivity index (χ0n) is 12.0. The molecule has 0 aromatic carbocycles. The highest BCUT2D eigenvalue weighted by molar-refractivity contribution is 4.70. The van der Waals surface area contributed by atoms with Gasteiger partial charge in [0.2, 0.25) is 0 Å². The molecule has 0 bridgehead atoms. The van der Waals surface area contributed by atoms with Crippen molar-refractivity contribution in [3.8, 4) is 0 Å². The molecule has 0 aliphatic heterocycles. The Morgan fingerprint density at radius 1 is 1.18 bits per heavy atom. The van der Waals surface area contributed by atoms with E-state index in [1.54, 1.807) is 0 Å². The third-order valence-corrected chi connectivity index (χ3v) is 2.54. The molecule has 4 nitrogen and oxygen atoms in total. The van der Waals surface area contributed by atoms with Gasteiger partial charge in [-0.3, -0.25) is 0 Å². The third kappa shape index (κ3) is 12.1. The molecule has 0 spiro atoms. The molecule has 0 aliphatic rings. The summed E-state index contributed by atoms with van der Waals surface area (Å²) in [6.45, 7) is 14.2. The zero-order chi connectivity index (χ0) is 13.1. The van der Waals surface area contributed by atoms with Crippen LogP contribution in [0.4, 0.5) is 0 Å². The first-order chi connectivity index (χ1) is 7.99. The van der Waals surface area contributed by atoms with E-state index in [9.17, 15) is 0 Å². The average Bonchev–Trinajstić information content (AvgIpc) is 2.25. The summed E-state index contributed by atoms with van der Waals surface area (Å²) in [4.78, 5) is 2.38. The predicted molar refractivity (Wildman–Crippen MR) is 72.4 cm³/mol. The van der Waals surface area contributed by atoms with Crippen LogP contribution in [-0.2, 0) is 4.74 Å². The summed E-state index contributed by atoms with van der Waals surface area (Å²) in [5.74, 6) is 0. The van der Waals surface area contributed by atoms with Crippen LogP contribution in [0.15, 0.2) is 0 Å². The first-order valence-electron chi connectivity index (χ1n) is 6.65. The van der Waals surface area contributed by atoms with E-state index in [2.05, 4.69) is 37.9 Å². The van der Waals surface area contributed by atoms with Gasteiger partial charge in [0.1, 0.15) is 0 Å². The van der Waals surface area contributed by atoms with Crippen LogP contribution >= 0.6 is 0 Å². The number of hydrogen-bond donors (Lipinski definition) is 2. The number of aliphatic hydroxyl groups is 1. The molecular formula is C13H30N2O2. The molecule has 0 saturated heterocycles. The molecule has 0 amide bonds. The van der Waals surface area contributed by atoms with Gasteiger partial charge in [0, 0.05) is 12.1 Å². The van der Waals surface area contributed by atoms with Gasteiger partial charge in [0.25, 0.3) is 0 Å². The minimum atomic E-state index is 0.113. The van der Waals surface area contributed by atoms with Gasteiger partial charge < -0.3 is 20.1 Å². The monoisotopic (exact) mass is 246 g/mol. The summed E-state index contributed by atoms with van der Waals surface area (Å²) in [6.07, 6.45) is 1.16. The fourth-order valence-corrected chi connectivity index (χ4v) is 1.55. The average molecular weight is 246 g/mol.